The van der Waals surface area contributed by atoms with E-state index in [1.165, 1.54) is 4.40 Å². The molecule has 9 heteroatoms. The van der Waals surface area contributed by atoms with Gasteiger partial charge >= 0.3 is 0 Å². The predicted octanol–water partition coefficient (Wildman–Crippen LogP) is 2.39. The molecule has 1 atom stereocenters. The molecule has 1 N–H and O–H groups in total. The molecule has 128 valence electrons. The normalized spacial score (nSPS) is 19.4. The summed E-state index contributed by atoms with van der Waals surface area (Å²) in [5.41, 5.74) is 0.269. The number of imidazole rings is 1. The number of aromatic nitrogens is 6. The number of aryl methyl sites for hydroxylation is 2. The number of hydrogen-bond acceptors (Lipinski definition) is 4. The van der Waals surface area contributed by atoms with Crippen molar-refractivity contribution in [1.82, 2.24) is 29.1 Å². The first-order chi connectivity index (χ1) is 11.4. The highest BCUT2D eigenvalue weighted by Crippen LogP contribution is 2.54. The summed E-state index contributed by atoms with van der Waals surface area (Å²) in [5.74, 6) is -2.62. The monoisotopic (exact) mass is 336 g/mol. The summed E-state index contributed by atoms with van der Waals surface area (Å²) in [4.78, 5) is 19.8. The minimum atomic E-state index is -2.73. The maximum Gasteiger partial charge on any atom is 0.286 e. The van der Waals surface area contributed by atoms with Crippen molar-refractivity contribution < 1.29 is 8.78 Å². The van der Waals surface area contributed by atoms with Crippen molar-refractivity contribution in [2.75, 3.05) is 0 Å². The van der Waals surface area contributed by atoms with Gasteiger partial charge in [0.2, 0.25) is 5.78 Å². The molecule has 0 amide bonds. The molecule has 3 aromatic rings. The van der Waals surface area contributed by atoms with Gasteiger partial charge in [-0.15, -0.1) is 10.2 Å². The summed E-state index contributed by atoms with van der Waals surface area (Å²) in [7, 11) is 0. The van der Waals surface area contributed by atoms with Gasteiger partial charge in [-0.25, -0.2) is 18.2 Å². The molecule has 0 bridgehead atoms. The van der Waals surface area contributed by atoms with Gasteiger partial charge in [-0.2, -0.15) is 0 Å². The average Bonchev–Trinajstić information content (AvgIpc) is 2.91. The summed E-state index contributed by atoms with van der Waals surface area (Å²) in [6.45, 7) is 4.40. The Bertz CT molecular complexity index is 985. The van der Waals surface area contributed by atoms with Crippen molar-refractivity contribution in [2.24, 2.45) is 0 Å². The van der Waals surface area contributed by atoms with E-state index >= 15 is 0 Å². The molecule has 1 fully saturated rings. The summed E-state index contributed by atoms with van der Waals surface area (Å²) in [6.07, 6.45) is 2.72. The number of halogens is 2. The number of nitrogens with zero attached hydrogens (tertiary/aromatic N) is 5. The smallest absolute Gasteiger partial charge is 0.286 e. The zero-order chi connectivity index (χ0) is 17.1. The van der Waals surface area contributed by atoms with Crippen LogP contribution in [0, 0.1) is 6.92 Å². The molecule has 7 nitrogen and oxygen atoms in total. The van der Waals surface area contributed by atoms with Crippen LogP contribution in [0.25, 0.3) is 16.9 Å². The largest absolute Gasteiger partial charge is 0.336 e. The Hall–Kier alpha value is -2.32. The third-order valence-electron chi connectivity index (χ3n) is 4.57. The first kappa shape index (κ1) is 15.2. The molecular weight excluding hydrogens is 318 g/mol. The number of nitrogens with one attached hydrogen (secondary N) is 1. The number of rotatable bonds is 5. The average molecular weight is 336 g/mol. The zero-order valence-electron chi connectivity index (χ0n) is 13.5. The molecule has 0 spiro atoms. The van der Waals surface area contributed by atoms with Crippen LogP contribution in [-0.2, 0) is 6.54 Å². The molecule has 4 rings (SSSR count). The fourth-order valence-corrected chi connectivity index (χ4v) is 3.10. The van der Waals surface area contributed by atoms with Crippen LogP contribution in [0.5, 0.6) is 0 Å². The minimum Gasteiger partial charge on any atom is -0.336 e. The topological polar surface area (TPSA) is 80.9 Å². The van der Waals surface area contributed by atoms with Gasteiger partial charge in [0.15, 0.2) is 5.65 Å². The van der Waals surface area contributed by atoms with Gasteiger partial charge in [-0.1, -0.05) is 19.8 Å². The highest BCUT2D eigenvalue weighted by atomic mass is 19.3. The van der Waals surface area contributed by atoms with Gasteiger partial charge in [-0.05, 0) is 13.3 Å². The Morgan fingerprint density at radius 3 is 2.75 bits per heavy atom. The second kappa shape index (κ2) is 5.09. The summed E-state index contributed by atoms with van der Waals surface area (Å²) in [5, 5.41) is 8.05. The molecule has 0 aromatic carbocycles. The maximum absolute atomic E-state index is 13.4. The van der Waals surface area contributed by atoms with E-state index in [0.717, 1.165) is 19.3 Å². The lowest BCUT2D eigenvalue weighted by molar-refractivity contribution is 0.111. The van der Waals surface area contributed by atoms with Crippen molar-refractivity contribution in [1.29, 1.82) is 0 Å². The molecule has 3 heterocycles. The van der Waals surface area contributed by atoms with Crippen LogP contribution in [0.1, 0.15) is 50.2 Å². The molecule has 3 aromatic heterocycles. The number of unbranched alkanes of at least 4 members (excludes halogenated alkanes) is 2. The Balaban J connectivity index is 1.93. The van der Waals surface area contributed by atoms with Crippen molar-refractivity contribution in [3.05, 3.63) is 22.0 Å². The molecule has 1 aliphatic rings. The van der Waals surface area contributed by atoms with Crippen molar-refractivity contribution in [3.8, 4) is 0 Å². The standard InChI is InChI=1S/C15H18F2N6O/c1-3-4-5-6-22-12-10(13(24)23-8(2)20-21-14(22)23)18-11(19-12)9-7-15(9,16)17/h9H,3-7H2,1-2H3,(H,18,19). The molecular formula is C15H18F2N6O. The van der Waals surface area contributed by atoms with E-state index in [4.69, 9.17) is 0 Å². The van der Waals surface area contributed by atoms with E-state index in [-0.39, 0.29) is 23.3 Å². The lowest BCUT2D eigenvalue weighted by atomic mass is 10.2. The second-order valence-corrected chi connectivity index (χ2v) is 6.38. The maximum atomic E-state index is 13.4. The SMILES string of the molecule is CCCCCn1c2nc(C3CC3(F)F)[nH]c2c(=O)n2c(C)nnc12. The molecule has 0 saturated heterocycles. The zero-order valence-corrected chi connectivity index (χ0v) is 13.5. The number of aromatic amines is 1. The van der Waals surface area contributed by atoms with Gasteiger partial charge in [0.1, 0.15) is 17.2 Å². The van der Waals surface area contributed by atoms with E-state index in [9.17, 15) is 13.6 Å². The number of alkyl halides is 2. The van der Waals surface area contributed by atoms with E-state index in [2.05, 4.69) is 27.1 Å². The molecule has 1 saturated carbocycles. The fourth-order valence-electron chi connectivity index (χ4n) is 3.10. The minimum absolute atomic E-state index is 0.176. The van der Waals surface area contributed by atoms with Gasteiger partial charge < -0.3 is 4.98 Å². The van der Waals surface area contributed by atoms with Crippen LogP contribution in [0.15, 0.2) is 4.79 Å². The van der Waals surface area contributed by atoms with Crippen molar-refractivity contribution >= 4 is 16.9 Å². The molecule has 0 radical (unpaired) electrons. The number of fused-ring (bicyclic) bond motifs is 2. The molecule has 1 unspecified atom stereocenters. The predicted molar refractivity (Wildman–Crippen MR) is 83.5 cm³/mol. The second-order valence-electron chi connectivity index (χ2n) is 6.38. The van der Waals surface area contributed by atoms with Gasteiger partial charge in [0, 0.05) is 13.0 Å². The Kier molecular flexibility index (Phi) is 3.23. The molecule has 1 aliphatic carbocycles. The highest BCUT2D eigenvalue weighted by Gasteiger charge is 2.59. The molecule has 0 aliphatic heterocycles. The van der Waals surface area contributed by atoms with Crippen LogP contribution in [0.3, 0.4) is 0 Å². The van der Waals surface area contributed by atoms with E-state index in [1.54, 1.807) is 11.5 Å². The van der Waals surface area contributed by atoms with Crippen molar-refractivity contribution in [3.63, 3.8) is 0 Å². The Morgan fingerprint density at radius 2 is 2.08 bits per heavy atom. The summed E-state index contributed by atoms with van der Waals surface area (Å²) in [6, 6.07) is 0. The first-order valence-electron chi connectivity index (χ1n) is 8.16. The number of hydrogen-bond donors (Lipinski definition) is 1. The van der Waals surface area contributed by atoms with Crippen LogP contribution >= 0.6 is 0 Å². The van der Waals surface area contributed by atoms with E-state index in [0.29, 0.717) is 23.8 Å². The van der Waals surface area contributed by atoms with Crippen LogP contribution in [0.4, 0.5) is 8.78 Å². The van der Waals surface area contributed by atoms with E-state index < -0.39 is 11.8 Å². The van der Waals surface area contributed by atoms with Crippen LogP contribution < -0.4 is 5.56 Å². The third-order valence-corrected chi connectivity index (χ3v) is 4.57. The lowest BCUT2D eigenvalue weighted by Gasteiger charge is -2.08. The first-order valence-corrected chi connectivity index (χ1v) is 8.16. The van der Waals surface area contributed by atoms with Gasteiger partial charge in [0.25, 0.3) is 11.5 Å². The number of H-pyrrole nitrogens is 1. The summed E-state index contributed by atoms with van der Waals surface area (Å²) >= 11 is 0. The Labute approximate surface area is 135 Å². The summed E-state index contributed by atoms with van der Waals surface area (Å²) < 4.78 is 29.9. The van der Waals surface area contributed by atoms with Gasteiger partial charge in [0.05, 0.1) is 5.92 Å². The fraction of sp³-hybridized carbons (Fsp3) is 0.600. The van der Waals surface area contributed by atoms with E-state index in [1.807, 2.05) is 0 Å². The third kappa shape index (κ3) is 2.14. The van der Waals surface area contributed by atoms with Crippen molar-refractivity contribution in [2.45, 2.75) is 57.9 Å². The van der Waals surface area contributed by atoms with Crippen LogP contribution in [-0.4, -0.2) is 35.1 Å². The highest BCUT2D eigenvalue weighted by molar-refractivity contribution is 5.73. The molecule has 24 heavy (non-hydrogen) atoms. The van der Waals surface area contributed by atoms with Crippen LogP contribution in [0.2, 0.25) is 0 Å². The quantitative estimate of drug-likeness (QED) is 0.726. The lowest BCUT2D eigenvalue weighted by Crippen LogP contribution is -2.20. The van der Waals surface area contributed by atoms with Gasteiger partial charge in [-0.3, -0.25) is 9.36 Å². The Morgan fingerprint density at radius 1 is 1.33 bits per heavy atom.